The summed E-state index contributed by atoms with van der Waals surface area (Å²) in [5.41, 5.74) is 0.649. The van der Waals surface area contributed by atoms with Crippen molar-refractivity contribution in [1.82, 2.24) is 4.98 Å². The molecule has 1 aromatic heterocycles. The molecule has 6 nitrogen and oxygen atoms in total. The molecule has 4 aliphatic carbocycles. The van der Waals surface area contributed by atoms with E-state index in [0.29, 0.717) is 47.9 Å². The summed E-state index contributed by atoms with van der Waals surface area (Å²) in [7, 11) is 0. The van der Waals surface area contributed by atoms with Crippen molar-refractivity contribution in [2.24, 2.45) is 46.3 Å². The predicted octanol–water partition coefficient (Wildman–Crippen LogP) is 5.57. The number of carbonyl (C=O) groups is 1. The molecular weight excluding hydrogens is 454 g/mol. The van der Waals surface area contributed by atoms with Gasteiger partial charge in [-0.15, -0.1) is 0 Å². The highest BCUT2D eigenvalue weighted by Gasteiger charge is 2.64. The number of fused-ring (bicyclic) bond motifs is 5. The molecule has 4 aliphatic rings. The van der Waals surface area contributed by atoms with Gasteiger partial charge in [-0.1, -0.05) is 27.2 Å². The third kappa shape index (κ3) is 4.16. The van der Waals surface area contributed by atoms with Crippen LogP contribution in [-0.4, -0.2) is 45.1 Å². The Balaban J connectivity index is 1.27. The lowest BCUT2D eigenvalue weighted by atomic mass is 9.41. The predicted molar refractivity (Wildman–Crippen MR) is 138 cm³/mol. The van der Waals surface area contributed by atoms with Crippen LogP contribution in [0.5, 0.6) is 5.75 Å². The Bertz CT molecular complexity index is 953. The summed E-state index contributed by atoms with van der Waals surface area (Å²) in [6.45, 7) is 7.71. The Morgan fingerprint density at radius 2 is 1.83 bits per heavy atom. The van der Waals surface area contributed by atoms with Gasteiger partial charge in [-0.05, 0) is 110 Å². The molecule has 3 N–H and O–H groups in total. The number of carboxylic acid groups (broad SMARTS) is 1. The topological polar surface area (TPSA) is 99.9 Å². The van der Waals surface area contributed by atoms with Gasteiger partial charge in [0.1, 0.15) is 5.56 Å². The second kappa shape index (κ2) is 9.90. The van der Waals surface area contributed by atoms with Gasteiger partial charge in [-0.25, -0.2) is 4.79 Å². The van der Waals surface area contributed by atoms with Crippen LogP contribution in [0.25, 0.3) is 0 Å². The van der Waals surface area contributed by atoms with Crippen LogP contribution in [0.3, 0.4) is 0 Å². The quantitative estimate of drug-likeness (QED) is 0.425. The van der Waals surface area contributed by atoms with Gasteiger partial charge in [0.2, 0.25) is 0 Å². The molecule has 0 spiro atoms. The van der Waals surface area contributed by atoms with Gasteiger partial charge < -0.3 is 20.1 Å². The van der Waals surface area contributed by atoms with E-state index in [-0.39, 0.29) is 28.6 Å². The number of nitrogens with zero attached hydrogens (tertiary/aromatic N) is 1. The number of ether oxygens (including phenoxy) is 1. The Hall–Kier alpha value is -1.66. The zero-order chi connectivity index (χ0) is 25.7. The Morgan fingerprint density at radius 1 is 1.08 bits per heavy atom. The molecule has 0 aliphatic heterocycles. The number of aromatic carboxylic acids is 1. The van der Waals surface area contributed by atoms with Crippen LogP contribution in [0.4, 0.5) is 0 Å². The number of aliphatic hydroxyl groups excluding tert-OH is 2. The van der Waals surface area contributed by atoms with Crippen LogP contribution < -0.4 is 4.74 Å². The summed E-state index contributed by atoms with van der Waals surface area (Å²) in [5.74, 6) is 2.20. The molecule has 6 heteroatoms. The summed E-state index contributed by atoms with van der Waals surface area (Å²) in [4.78, 5) is 15.5. The van der Waals surface area contributed by atoms with Crippen molar-refractivity contribution in [3.05, 3.63) is 24.0 Å². The third-order valence-electron chi connectivity index (χ3n) is 11.6. The Morgan fingerprint density at radius 3 is 2.58 bits per heavy atom. The van der Waals surface area contributed by atoms with Crippen molar-refractivity contribution < 1.29 is 24.9 Å². The van der Waals surface area contributed by atoms with Gasteiger partial charge in [-0.2, -0.15) is 0 Å². The highest BCUT2D eigenvalue weighted by atomic mass is 16.5. The molecule has 36 heavy (non-hydrogen) atoms. The number of pyridine rings is 1. The summed E-state index contributed by atoms with van der Waals surface area (Å²) in [6.07, 6.45) is 13.2. The van der Waals surface area contributed by atoms with Gasteiger partial charge in [0.05, 0.1) is 25.0 Å². The largest absolute Gasteiger partial charge is 0.491 e. The lowest BCUT2D eigenvalue weighted by Crippen LogP contribution is -2.62. The molecule has 0 aromatic carbocycles. The van der Waals surface area contributed by atoms with Crippen molar-refractivity contribution in [3.8, 4) is 5.75 Å². The second-order valence-corrected chi connectivity index (χ2v) is 12.9. The molecule has 200 valence electrons. The van der Waals surface area contributed by atoms with E-state index in [1.807, 2.05) is 0 Å². The van der Waals surface area contributed by atoms with Crippen molar-refractivity contribution in [3.63, 3.8) is 0 Å². The SMILES string of the molecule is CC[C@H]1[C@@H](O)[C@@H]2[C@H](CC[C@]3(C)[C@@H](CCCOc4cnccc4C(=O)O)CC[C@@H]23)[C@@]2(C)CC[C@@H](O)C[C@@H]12. The first-order valence-electron chi connectivity index (χ1n) is 14.4. The smallest absolute Gasteiger partial charge is 0.339 e. The fraction of sp³-hybridized carbons (Fsp3) is 0.800. The highest BCUT2D eigenvalue weighted by molar-refractivity contribution is 5.90. The van der Waals surface area contributed by atoms with Crippen LogP contribution in [0.2, 0.25) is 0 Å². The van der Waals surface area contributed by atoms with E-state index in [9.17, 15) is 20.1 Å². The van der Waals surface area contributed by atoms with E-state index < -0.39 is 5.97 Å². The van der Waals surface area contributed by atoms with Gasteiger partial charge in [0.25, 0.3) is 0 Å². The maximum Gasteiger partial charge on any atom is 0.339 e. The number of hydrogen-bond donors (Lipinski definition) is 3. The molecule has 0 radical (unpaired) electrons. The Labute approximate surface area is 215 Å². The van der Waals surface area contributed by atoms with Gasteiger partial charge >= 0.3 is 5.97 Å². The summed E-state index contributed by atoms with van der Waals surface area (Å²) >= 11 is 0. The van der Waals surface area contributed by atoms with Crippen molar-refractivity contribution >= 4 is 5.97 Å². The first-order valence-corrected chi connectivity index (χ1v) is 14.4. The molecule has 1 aromatic rings. The maximum atomic E-state index is 11.8. The van der Waals surface area contributed by atoms with Gasteiger partial charge in [0.15, 0.2) is 5.75 Å². The Kier molecular flexibility index (Phi) is 7.14. The summed E-state index contributed by atoms with van der Waals surface area (Å²) in [6, 6.07) is 1.48. The minimum absolute atomic E-state index is 0.162. The normalized spacial score (nSPS) is 43.8. The zero-order valence-corrected chi connectivity index (χ0v) is 22.2. The standard InChI is InChI=1S/C30H45NO5/c1-4-20-24-16-19(32)9-12-30(24,3)23-10-13-29(2)18(7-8-22(29)26(23)27(20)33)6-5-15-36-25-17-31-14-11-21(25)28(34)35/h11,14,17-20,22-24,26-27,32-33H,4-10,12-13,15-16H2,1-3H3,(H,34,35)/t18-,19+,20+,22-,23-,24-,26-,27+,29+,30+/m0/s1. The first kappa shape index (κ1) is 26.0. The minimum atomic E-state index is -0.991. The molecule has 4 fully saturated rings. The molecule has 10 atom stereocenters. The van der Waals surface area contributed by atoms with Crippen molar-refractivity contribution in [2.45, 2.75) is 97.2 Å². The zero-order valence-electron chi connectivity index (χ0n) is 22.2. The third-order valence-corrected chi connectivity index (χ3v) is 11.6. The molecule has 4 saturated carbocycles. The van der Waals surface area contributed by atoms with Gasteiger partial charge in [0, 0.05) is 6.20 Å². The fourth-order valence-electron chi connectivity index (χ4n) is 9.72. The molecule has 5 rings (SSSR count). The number of hydrogen-bond acceptors (Lipinski definition) is 5. The average molecular weight is 500 g/mol. The van der Waals surface area contributed by atoms with Crippen LogP contribution in [-0.2, 0) is 0 Å². The molecule has 0 saturated heterocycles. The molecule has 0 bridgehead atoms. The van der Waals surface area contributed by atoms with Crippen LogP contribution in [0, 0.1) is 46.3 Å². The molecule has 0 unspecified atom stereocenters. The molecule has 0 amide bonds. The lowest BCUT2D eigenvalue weighted by molar-refractivity contribution is -0.202. The number of carboxylic acids is 1. The average Bonchev–Trinajstić information content (AvgIpc) is 3.19. The number of rotatable bonds is 7. The van der Waals surface area contributed by atoms with E-state index in [1.54, 1.807) is 0 Å². The highest BCUT2D eigenvalue weighted by Crippen LogP contribution is 2.69. The molecular formula is C30H45NO5. The van der Waals surface area contributed by atoms with Gasteiger partial charge in [-0.3, -0.25) is 4.98 Å². The van der Waals surface area contributed by atoms with E-state index in [4.69, 9.17) is 4.74 Å². The number of aromatic nitrogens is 1. The van der Waals surface area contributed by atoms with Crippen molar-refractivity contribution in [2.75, 3.05) is 6.61 Å². The number of aliphatic hydroxyl groups is 2. The van der Waals surface area contributed by atoms with E-state index in [0.717, 1.165) is 38.5 Å². The lowest BCUT2D eigenvalue weighted by Gasteiger charge is -2.64. The second-order valence-electron chi connectivity index (χ2n) is 12.9. The van der Waals surface area contributed by atoms with E-state index >= 15 is 0 Å². The fourth-order valence-corrected chi connectivity index (χ4v) is 9.72. The van der Waals surface area contributed by atoms with Crippen LogP contribution >= 0.6 is 0 Å². The van der Waals surface area contributed by atoms with Crippen molar-refractivity contribution in [1.29, 1.82) is 0 Å². The summed E-state index contributed by atoms with van der Waals surface area (Å²) < 4.78 is 5.84. The monoisotopic (exact) mass is 499 g/mol. The van der Waals surface area contributed by atoms with Crippen LogP contribution in [0.15, 0.2) is 18.5 Å². The molecule has 1 heterocycles. The maximum absolute atomic E-state index is 11.8. The summed E-state index contributed by atoms with van der Waals surface area (Å²) in [5, 5.41) is 31.7. The first-order chi connectivity index (χ1) is 17.2. The van der Waals surface area contributed by atoms with Crippen LogP contribution in [0.1, 0.15) is 95.3 Å². The minimum Gasteiger partial charge on any atom is -0.491 e. The van der Waals surface area contributed by atoms with E-state index in [1.165, 1.54) is 44.1 Å². The van der Waals surface area contributed by atoms with E-state index in [2.05, 4.69) is 25.8 Å².